The number of fused-ring (bicyclic) bond motifs is 2. The molecular weight excluding hydrogens is 316 g/mol. The van der Waals surface area contributed by atoms with E-state index in [9.17, 15) is 4.79 Å². The quantitative estimate of drug-likeness (QED) is 0.249. The molecule has 0 spiro atoms. The van der Waals surface area contributed by atoms with Gasteiger partial charge in [-0.1, -0.05) is 57.6 Å². The Bertz CT molecular complexity index is 407. The Morgan fingerprint density at radius 2 is 1.68 bits per heavy atom. The van der Waals surface area contributed by atoms with Crippen LogP contribution in [0.5, 0.6) is 0 Å². The van der Waals surface area contributed by atoms with E-state index in [2.05, 4.69) is 19.1 Å². The number of carbonyl (C=O) groups is 1. The number of aliphatic carboxylic acids is 1. The molecule has 1 heterocycles. The Hall–Kier alpha value is -0.870. The van der Waals surface area contributed by atoms with Crippen LogP contribution in [0.4, 0.5) is 0 Å². The lowest BCUT2D eigenvalue weighted by atomic mass is 9.85. The third kappa shape index (κ3) is 7.10. The fourth-order valence-electron chi connectivity index (χ4n) is 4.29. The molecule has 0 aromatic heterocycles. The summed E-state index contributed by atoms with van der Waals surface area (Å²) in [4.78, 5) is 21.5. The number of hydrogen-bond donors (Lipinski definition) is 1. The average molecular weight is 353 g/mol. The fraction of sp³-hybridized carbons (Fsp3) is 0.857. The molecule has 1 aliphatic carbocycles. The van der Waals surface area contributed by atoms with Crippen molar-refractivity contribution < 1.29 is 19.7 Å². The third-order valence-corrected chi connectivity index (χ3v) is 5.75. The van der Waals surface area contributed by atoms with E-state index in [-0.39, 0.29) is 0 Å². The van der Waals surface area contributed by atoms with E-state index >= 15 is 0 Å². The van der Waals surface area contributed by atoms with E-state index in [4.69, 9.17) is 14.9 Å². The van der Waals surface area contributed by atoms with Crippen molar-refractivity contribution >= 4 is 5.97 Å². The molecule has 25 heavy (non-hydrogen) atoms. The smallest absolute Gasteiger partial charge is 0.303 e. The highest BCUT2D eigenvalue weighted by Crippen LogP contribution is 2.46. The molecule has 144 valence electrons. The Morgan fingerprint density at radius 1 is 0.960 bits per heavy atom. The lowest BCUT2D eigenvalue weighted by Crippen LogP contribution is -2.29. The summed E-state index contributed by atoms with van der Waals surface area (Å²) in [5.74, 6) is 0.580. The molecule has 4 nitrogen and oxygen atoms in total. The molecule has 1 aliphatic heterocycles. The van der Waals surface area contributed by atoms with Crippen molar-refractivity contribution in [1.29, 1.82) is 0 Å². The molecule has 4 atom stereocenters. The molecule has 2 aliphatic rings. The van der Waals surface area contributed by atoms with Crippen LogP contribution in [0, 0.1) is 11.8 Å². The fourth-order valence-corrected chi connectivity index (χ4v) is 4.29. The molecule has 4 heteroatoms. The van der Waals surface area contributed by atoms with Gasteiger partial charge < -0.3 is 5.11 Å². The van der Waals surface area contributed by atoms with E-state index < -0.39 is 5.97 Å². The van der Waals surface area contributed by atoms with Crippen molar-refractivity contribution in [3.63, 3.8) is 0 Å². The molecule has 2 bridgehead atoms. The van der Waals surface area contributed by atoms with Crippen molar-refractivity contribution in [2.45, 2.75) is 103 Å². The number of allylic oxidation sites excluding steroid dienone is 2. The molecule has 1 saturated carbocycles. The SMILES string of the molecule is CCCCCC=CC[C@H]1[C@H](CCCCCCCC(=O)O)[C@H]2C[C@H]1OO2. The predicted molar refractivity (Wildman–Crippen MR) is 99.2 cm³/mol. The van der Waals surface area contributed by atoms with Gasteiger partial charge in [-0.15, -0.1) is 0 Å². The third-order valence-electron chi connectivity index (χ3n) is 5.75. The van der Waals surface area contributed by atoms with Crippen LogP contribution in [-0.2, 0) is 14.6 Å². The minimum absolute atomic E-state index is 0.297. The number of carboxylic acid groups (broad SMARTS) is 1. The normalized spacial score (nSPS) is 28.2. The standard InChI is InChI=1S/C21H36O4/c1-2-3-4-5-7-10-13-17-18(20-16-19(17)24-25-20)14-11-8-6-9-12-15-21(22)23/h7,10,17-20H,2-6,8-9,11-16H2,1H3,(H,22,23)/t17-,18-,19+,20+/m0/s1. The van der Waals surface area contributed by atoms with Gasteiger partial charge in [0.05, 0.1) is 12.2 Å². The van der Waals surface area contributed by atoms with Crippen LogP contribution in [0.15, 0.2) is 12.2 Å². The molecule has 0 aromatic rings. The molecule has 0 unspecified atom stereocenters. The highest BCUT2D eigenvalue weighted by Gasteiger charge is 2.49. The van der Waals surface area contributed by atoms with Gasteiger partial charge in [-0.2, -0.15) is 0 Å². The highest BCUT2D eigenvalue weighted by molar-refractivity contribution is 5.66. The summed E-state index contributed by atoms with van der Waals surface area (Å²) in [5, 5.41) is 8.65. The summed E-state index contributed by atoms with van der Waals surface area (Å²) in [6.45, 7) is 2.24. The first-order chi connectivity index (χ1) is 12.2. The summed E-state index contributed by atoms with van der Waals surface area (Å²) in [6.07, 6.45) is 19.6. The number of rotatable bonds is 14. The molecule has 0 aromatic carbocycles. The van der Waals surface area contributed by atoms with E-state index in [1.807, 2.05) is 0 Å². The Labute approximate surface area is 152 Å². The maximum absolute atomic E-state index is 10.5. The van der Waals surface area contributed by atoms with Gasteiger partial charge in [0.1, 0.15) is 0 Å². The minimum atomic E-state index is -0.676. The lowest BCUT2D eigenvalue weighted by molar-refractivity contribution is -0.341. The molecule has 0 amide bonds. The predicted octanol–water partition coefficient (Wildman–Crippen LogP) is 5.66. The second kappa shape index (κ2) is 11.7. The molecular formula is C21H36O4. The number of hydrogen-bond acceptors (Lipinski definition) is 3. The van der Waals surface area contributed by atoms with Crippen molar-refractivity contribution in [3.05, 3.63) is 12.2 Å². The molecule has 2 rings (SSSR count). The van der Waals surface area contributed by atoms with Crippen molar-refractivity contribution in [2.75, 3.05) is 0 Å². The first-order valence-electron chi connectivity index (χ1n) is 10.4. The van der Waals surface area contributed by atoms with Gasteiger partial charge in [-0.25, -0.2) is 9.78 Å². The highest BCUT2D eigenvalue weighted by atomic mass is 17.2. The Kier molecular flexibility index (Phi) is 9.56. The minimum Gasteiger partial charge on any atom is -0.481 e. The average Bonchev–Trinajstić information content (AvgIpc) is 3.19. The Balaban J connectivity index is 1.61. The summed E-state index contributed by atoms with van der Waals surface area (Å²) in [6, 6.07) is 0. The van der Waals surface area contributed by atoms with E-state index in [1.54, 1.807) is 0 Å². The second-order valence-corrected chi connectivity index (χ2v) is 7.74. The first kappa shape index (κ1) is 20.4. The zero-order chi connectivity index (χ0) is 17.9. The monoisotopic (exact) mass is 352 g/mol. The van der Waals surface area contributed by atoms with Gasteiger partial charge in [0.15, 0.2) is 0 Å². The van der Waals surface area contributed by atoms with Gasteiger partial charge in [-0.05, 0) is 43.9 Å². The van der Waals surface area contributed by atoms with Crippen molar-refractivity contribution in [1.82, 2.24) is 0 Å². The zero-order valence-electron chi connectivity index (χ0n) is 15.8. The lowest BCUT2D eigenvalue weighted by Gasteiger charge is -2.29. The topological polar surface area (TPSA) is 55.8 Å². The van der Waals surface area contributed by atoms with Crippen molar-refractivity contribution in [3.8, 4) is 0 Å². The van der Waals surface area contributed by atoms with Crippen molar-refractivity contribution in [2.24, 2.45) is 11.8 Å². The van der Waals surface area contributed by atoms with Crippen LogP contribution in [0.2, 0.25) is 0 Å². The number of unbranched alkanes of at least 4 members (excludes halogenated alkanes) is 7. The van der Waals surface area contributed by atoms with Gasteiger partial charge >= 0.3 is 5.97 Å². The zero-order valence-corrected chi connectivity index (χ0v) is 15.8. The van der Waals surface area contributed by atoms with Gasteiger partial charge in [-0.3, -0.25) is 4.79 Å². The maximum atomic E-state index is 10.5. The summed E-state index contributed by atoms with van der Waals surface area (Å²) < 4.78 is 0. The maximum Gasteiger partial charge on any atom is 0.303 e. The first-order valence-corrected chi connectivity index (χ1v) is 10.4. The van der Waals surface area contributed by atoms with Crippen LogP contribution in [0.3, 0.4) is 0 Å². The molecule has 1 saturated heterocycles. The van der Waals surface area contributed by atoms with Crippen LogP contribution in [0.1, 0.15) is 90.4 Å². The van der Waals surface area contributed by atoms with Gasteiger partial charge in [0, 0.05) is 12.8 Å². The molecule has 0 radical (unpaired) electrons. The molecule has 2 fully saturated rings. The summed E-state index contributed by atoms with van der Waals surface area (Å²) in [5.41, 5.74) is 0. The van der Waals surface area contributed by atoms with Crippen LogP contribution in [0.25, 0.3) is 0 Å². The summed E-state index contributed by atoms with van der Waals surface area (Å²) in [7, 11) is 0. The van der Waals surface area contributed by atoms with Gasteiger partial charge in [0.2, 0.25) is 0 Å². The van der Waals surface area contributed by atoms with Gasteiger partial charge in [0.25, 0.3) is 0 Å². The van der Waals surface area contributed by atoms with E-state index in [1.165, 1.54) is 44.9 Å². The van der Waals surface area contributed by atoms with E-state index in [0.29, 0.717) is 30.5 Å². The van der Waals surface area contributed by atoms with Crippen LogP contribution >= 0.6 is 0 Å². The van der Waals surface area contributed by atoms with Crippen LogP contribution in [-0.4, -0.2) is 23.3 Å². The largest absolute Gasteiger partial charge is 0.481 e. The Morgan fingerprint density at radius 3 is 2.44 bits per heavy atom. The van der Waals surface area contributed by atoms with Crippen LogP contribution < -0.4 is 0 Å². The molecule has 1 N–H and O–H groups in total. The van der Waals surface area contributed by atoms with E-state index in [0.717, 1.165) is 32.1 Å². The summed E-state index contributed by atoms with van der Waals surface area (Å²) >= 11 is 0. The second-order valence-electron chi connectivity index (χ2n) is 7.74. The number of carboxylic acids is 1.